The summed E-state index contributed by atoms with van der Waals surface area (Å²) in [4.78, 5) is 9.55. The van der Waals surface area contributed by atoms with E-state index in [1.54, 1.807) is 0 Å². The molecular formula is C14H23N3O. The molecule has 4 saturated carbocycles. The molecule has 5 aliphatic rings. The lowest BCUT2D eigenvalue weighted by Crippen LogP contribution is -2.57. The van der Waals surface area contributed by atoms with Crippen molar-refractivity contribution >= 4 is 5.84 Å². The molecule has 0 unspecified atom stereocenters. The van der Waals surface area contributed by atoms with E-state index >= 15 is 0 Å². The maximum atomic E-state index is 6.24. The largest absolute Gasteiger partial charge is 0.330 e. The summed E-state index contributed by atoms with van der Waals surface area (Å²) in [5.41, 5.74) is 9.52. The van der Waals surface area contributed by atoms with Crippen molar-refractivity contribution in [2.45, 2.75) is 38.5 Å². The van der Waals surface area contributed by atoms with Gasteiger partial charge in [0.15, 0.2) is 6.73 Å². The zero-order chi connectivity index (χ0) is 12.2. The first-order valence-electron chi connectivity index (χ1n) is 7.41. The van der Waals surface area contributed by atoms with Crippen LogP contribution in [0.4, 0.5) is 0 Å². The quantitative estimate of drug-likeness (QED) is 0.800. The molecule has 0 aromatic heterocycles. The molecule has 0 amide bonds. The van der Waals surface area contributed by atoms with E-state index in [9.17, 15) is 0 Å². The molecule has 0 spiro atoms. The molecule has 0 aromatic carbocycles. The Kier molecular flexibility index (Phi) is 2.46. The fraction of sp³-hybridized carbons (Fsp3) is 0.929. The van der Waals surface area contributed by atoms with E-state index in [1.165, 1.54) is 32.1 Å². The molecule has 4 heteroatoms. The Bertz CT molecular complexity index is 351. The molecule has 0 atom stereocenters. The van der Waals surface area contributed by atoms with E-state index in [-0.39, 0.29) is 0 Å². The zero-order valence-electron chi connectivity index (χ0n) is 10.9. The minimum atomic E-state index is 0.312. The lowest BCUT2D eigenvalue weighted by atomic mass is 9.44. The molecule has 4 aliphatic carbocycles. The number of rotatable bonds is 3. The molecule has 1 heterocycles. The lowest BCUT2D eigenvalue weighted by Gasteiger charge is -2.61. The molecule has 18 heavy (non-hydrogen) atoms. The standard InChI is InChI=1S/C14H23N3O/c15-7-14(6-13-16-8-18-17-13)11-2-9-1-10(4-11)5-12(14)3-9/h9-12H,1-8,15H2,(H,16,17). The highest BCUT2D eigenvalue weighted by Gasteiger charge is 2.56. The summed E-state index contributed by atoms with van der Waals surface area (Å²) in [6, 6.07) is 0. The summed E-state index contributed by atoms with van der Waals surface area (Å²) in [6.07, 6.45) is 8.17. The second kappa shape index (κ2) is 3.94. The number of aliphatic imine (C=N–C) groups is 1. The van der Waals surface area contributed by atoms with Gasteiger partial charge >= 0.3 is 0 Å². The van der Waals surface area contributed by atoms with Gasteiger partial charge in [-0.15, -0.1) is 0 Å². The Morgan fingerprint density at radius 3 is 2.33 bits per heavy atom. The highest BCUT2D eigenvalue weighted by atomic mass is 16.7. The van der Waals surface area contributed by atoms with Crippen LogP contribution < -0.4 is 11.2 Å². The molecule has 100 valence electrons. The summed E-state index contributed by atoms with van der Waals surface area (Å²) in [5, 5.41) is 0. The van der Waals surface area contributed by atoms with Gasteiger partial charge in [-0.25, -0.2) is 4.99 Å². The number of amidine groups is 1. The Morgan fingerprint density at radius 2 is 1.83 bits per heavy atom. The van der Waals surface area contributed by atoms with Crippen LogP contribution in [0.15, 0.2) is 4.99 Å². The first-order valence-corrected chi connectivity index (χ1v) is 7.41. The van der Waals surface area contributed by atoms with Gasteiger partial charge in [-0.05, 0) is 67.7 Å². The smallest absolute Gasteiger partial charge is 0.166 e. The summed E-state index contributed by atoms with van der Waals surface area (Å²) in [5.74, 6) is 4.71. The van der Waals surface area contributed by atoms with E-state index in [2.05, 4.69) is 10.5 Å². The van der Waals surface area contributed by atoms with Crippen molar-refractivity contribution < 1.29 is 4.84 Å². The highest BCUT2D eigenvalue weighted by Crippen LogP contribution is 2.63. The van der Waals surface area contributed by atoms with Crippen LogP contribution in [0.5, 0.6) is 0 Å². The number of hydroxylamine groups is 1. The van der Waals surface area contributed by atoms with Crippen LogP contribution in [0, 0.1) is 29.1 Å². The minimum absolute atomic E-state index is 0.312. The monoisotopic (exact) mass is 249 g/mol. The molecule has 0 saturated heterocycles. The maximum Gasteiger partial charge on any atom is 0.166 e. The van der Waals surface area contributed by atoms with Gasteiger partial charge in [0.2, 0.25) is 0 Å². The molecule has 5 rings (SSSR count). The first-order chi connectivity index (χ1) is 8.80. The number of nitrogens with zero attached hydrogens (tertiary/aromatic N) is 1. The molecule has 0 aromatic rings. The minimum Gasteiger partial charge on any atom is -0.330 e. The Morgan fingerprint density at radius 1 is 1.17 bits per heavy atom. The molecule has 4 bridgehead atoms. The van der Waals surface area contributed by atoms with E-state index in [0.29, 0.717) is 12.1 Å². The molecule has 0 radical (unpaired) electrons. The number of nitrogens with one attached hydrogen (secondary N) is 1. The third kappa shape index (κ3) is 1.48. The van der Waals surface area contributed by atoms with Crippen molar-refractivity contribution in [1.82, 2.24) is 5.48 Å². The molecule has 1 aliphatic heterocycles. The van der Waals surface area contributed by atoms with Crippen LogP contribution >= 0.6 is 0 Å². The van der Waals surface area contributed by atoms with Crippen LogP contribution in [0.2, 0.25) is 0 Å². The second-order valence-corrected chi connectivity index (χ2v) is 6.90. The molecule has 3 N–H and O–H groups in total. The number of hydrogen-bond acceptors (Lipinski definition) is 4. The fourth-order valence-corrected chi connectivity index (χ4v) is 5.48. The van der Waals surface area contributed by atoms with Gasteiger partial charge in [0.05, 0.1) is 0 Å². The van der Waals surface area contributed by atoms with E-state index in [1.807, 2.05) is 0 Å². The van der Waals surface area contributed by atoms with Gasteiger partial charge in [-0.1, -0.05) is 0 Å². The topological polar surface area (TPSA) is 59.6 Å². The predicted molar refractivity (Wildman–Crippen MR) is 69.7 cm³/mol. The zero-order valence-corrected chi connectivity index (χ0v) is 10.9. The van der Waals surface area contributed by atoms with Crippen LogP contribution in [0.3, 0.4) is 0 Å². The fourth-order valence-electron chi connectivity index (χ4n) is 5.48. The Labute approximate surface area is 108 Å². The number of hydrogen-bond donors (Lipinski definition) is 2. The summed E-state index contributed by atoms with van der Waals surface area (Å²) in [7, 11) is 0. The van der Waals surface area contributed by atoms with Crippen LogP contribution in [0.1, 0.15) is 38.5 Å². The maximum absolute atomic E-state index is 6.24. The summed E-state index contributed by atoms with van der Waals surface area (Å²) >= 11 is 0. The van der Waals surface area contributed by atoms with Gasteiger partial charge in [0.1, 0.15) is 5.84 Å². The van der Waals surface area contributed by atoms with Crippen LogP contribution in [-0.2, 0) is 4.84 Å². The Hall–Kier alpha value is -0.610. The van der Waals surface area contributed by atoms with Gasteiger partial charge in [-0.2, -0.15) is 0 Å². The van der Waals surface area contributed by atoms with E-state index in [4.69, 9.17) is 10.6 Å². The van der Waals surface area contributed by atoms with E-state index < -0.39 is 0 Å². The van der Waals surface area contributed by atoms with E-state index in [0.717, 1.165) is 42.5 Å². The molecular weight excluding hydrogens is 226 g/mol. The Balaban J connectivity index is 1.63. The normalized spacial score (nSPS) is 49.3. The lowest BCUT2D eigenvalue weighted by molar-refractivity contribution is -0.100. The third-order valence-electron chi connectivity index (χ3n) is 6.15. The molecule has 4 nitrogen and oxygen atoms in total. The second-order valence-electron chi connectivity index (χ2n) is 6.90. The van der Waals surface area contributed by atoms with Gasteiger partial charge in [0.25, 0.3) is 0 Å². The predicted octanol–water partition coefficient (Wildman–Crippen LogP) is 1.67. The third-order valence-corrected chi connectivity index (χ3v) is 6.15. The number of nitrogens with two attached hydrogens (primary N) is 1. The van der Waals surface area contributed by atoms with Gasteiger partial charge < -0.3 is 5.73 Å². The van der Waals surface area contributed by atoms with Crippen molar-refractivity contribution in [3.8, 4) is 0 Å². The molecule has 4 fully saturated rings. The van der Waals surface area contributed by atoms with Gasteiger partial charge in [-0.3, -0.25) is 10.3 Å². The van der Waals surface area contributed by atoms with Crippen LogP contribution in [0.25, 0.3) is 0 Å². The van der Waals surface area contributed by atoms with Crippen molar-refractivity contribution in [1.29, 1.82) is 0 Å². The first kappa shape index (κ1) is 11.2. The SMILES string of the molecule is NCC1(CC2=NCON2)C2CC3CC(C2)CC1C3. The van der Waals surface area contributed by atoms with Crippen molar-refractivity contribution in [3.05, 3.63) is 0 Å². The summed E-state index contributed by atoms with van der Waals surface area (Å²) in [6.45, 7) is 1.29. The van der Waals surface area contributed by atoms with Crippen molar-refractivity contribution in [3.63, 3.8) is 0 Å². The van der Waals surface area contributed by atoms with Crippen molar-refractivity contribution in [2.75, 3.05) is 13.3 Å². The van der Waals surface area contributed by atoms with Crippen LogP contribution in [-0.4, -0.2) is 19.1 Å². The summed E-state index contributed by atoms with van der Waals surface area (Å²) < 4.78 is 0. The average molecular weight is 249 g/mol. The van der Waals surface area contributed by atoms with Crippen molar-refractivity contribution in [2.24, 2.45) is 39.8 Å². The van der Waals surface area contributed by atoms with Gasteiger partial charge in [0, 0.05) is 6.42 Å². The average Bonchev–Trinajstić information content (AvgIpc) is 2.86. The highest BCUT2D eigenvalue weighted by molar-refractivity contribution is 5.82.